The van der Waals surface area contributed by atoms with E-state index in [4.69, 9.17) is 4.74 Å². The Morgan fingerprint density at radius 1 is 0.778 bits per heavy atom. The maximum atomic E-state index is 13.5. The number of benzene rings is 3. The number of carbonyl (C=O) groups excluding carboxylic acids is 2. The lowest BCUT2D eigenvalue weighted by molar-refractivity contribution is 0.100. The molecule has 0 saturated carbocycles. The average Bonchev–Trinajstić information content (AvgIpc) is 3.26. The second-order valence-corrected chi connectivity index (χ2v) is 6.99. The normalized spacial score (nSPS) is 10.7. The van der Waals surface area contributed by atoms with Gasteiger partial charge in [0.05, 0.1) is 17.6 Å². The van der Waals surface area contributed by atoms with Crippen molar-refractivity contribution in [1.29, 1.82) is 0 Å². The van der Waals surface area contributed by atoms with Crippen molar-refractivity contribution >= 4 is 33.7 Å². The van der Waals surface area contributed by atoms with Crippen molar-refractivity contribution < 1.29 is 14.3 Å². The molecule has 0 aliphatic heterocycles. The summed E-state index contributed by atoms with van der Waals surface area (Å²) in [4.78, 5) is 27.0. The summed E-state index contributed by atoms with van der Waals surface area (Å²) in [6, 6.07) is 21.9. The Balaban J connectivity index is 1.90. The van der Waals surface area contributed by atoms with Crippen molar-refractivity contribution in [2.45, 2.75) is 0 Å². The highest BCUT2D eigenvalue weighted by Gasteiger charge is 2.23. The first kappa shape index (κ1) is 17.2. The molecule has 0 fully saturated rings. The average molecular weight is 372 g/mol. The number of methoxy groups -OCH3 is 1. The van der Waals surface area contributed by atoms with Crippen LogP contribution in [0, 0.1) is 0 Å². The van der Waals surface area contributed by atoms with Gasteiger partial charge in [-0.2, -0.15) is 0 Å². The first-order valence-electron chi connectivity index (χ1n) is 8.48. The third-order valence-electron chi connectivity index (χ3n) is 4.50. The van der Waals surface area contributed by atoms with Crippen molar-refractivity contribution in [1.82, 2.24) is 0 Å². The van der Waals surface area contributed by atoms with E-state index in [2.05, 4.69) is 0 Å². The number of carbonyl (C=O) groups is 2. The summed E-state index contributed by atoms with van der Waals surface area (Å²) in [6.07, 6.45) is 0. The third kappa shape index (κ3) is 3.04. The fourth-order valence-electron chi connectivity index (χ4n) is 3.21. The molecule has 4 heteroatoms. The van der Waals surface area contributed by atoms with Crippen molar-refractivity contribution in [3.8, 4) is 5.75 Å². The summed E-state index contributed by atoms with van der Waals surface area (Å²) in [6.45, 7) is 0. The molecule has 0 saturated heterocycles. The van der Waals surface area contributed by atoms with Crippen LogP contribution in [0.2, 0.25) is 0 Å². The van der Waals surface area contributed by atoms with Crippen LogP contribution >= 0.6 is 11.3 Å². The fourth-order valence-corrected chi connectivity index (χ4v) is 3.89. The van der Waals surface area contributed by atoms with Gasteiger partial charge < -0.3 is 4.74 Å². The van der Waals surface area contributed by atoms with Gasteiger partial charge in [-0.1, -0.05) is 60.7 Å². The summed E-state index contributed by atoms with van der Waals surface area (Å²) in [5.74, 6) is 0.134. The number of ether oxygens (including phenoxy) is 1. The van der Waals surface area contributed by atoms with Crippen LogP contribution in [-0.2, 0) is 0 Å². The summed E-state index contributed by atoms with van der Waals surface area (Å²) in [5.41, 5.74) is 1.26. The number of hydrogen-bond donors (Lipinski definition) is 0. The number of hydrogen-bond acceptors (Lipinski definition) is 4. The van der Waals surface area contributed by atoms with Crippen molar-refractivity contribution in [2.24, 2.45) is 0 Å². The molecular formula is C23H16O3S. The van der Waals surface area contributed by atoms with Gasteiger partial charge in [-0.25, -0.2) is 0 Å². The van der Waals surface area contributed by atoms with Crippen LogP contribution in [0.15, 0.2) is 78.2 Å². The van der Waals surface area contributed by atoms with E-state index in [-0.39, 0.29) is 11.6 Å². The minimum Gasteiger partial charge on any atom is -0.496 e. The van der Waals surface area contributed by atoms with Gasteiger partial charge in [-0.15, -0.1) is 11.3 Å². The van der Waals surface area contributed by atoms with Gasteiger partial charge in [-0.3, -0.25) is 9.59 Å². The lowest BCUT2D eigenvalue weighted by Crippen LogP contribution is -2.11. The lowest BCUT2D eigenvalue weighted by Gasteiger charge is -2.13. The molecule has 3 nitrogen and oxygen atoms in total. The zero-order valence-corrected chi connectivity index (χ0v) is 15.5. The maximum absolute atomic E-state index is 13.5. The van der Waals surface area contributed by atoms with Crippen LogP contribution in [0.5, 0.6) is 5.75 Å². The summed E-state index contributed by atoms with van der Waals surface area (Å²) >= 11 is 1.37. The van der Waals surface area contributed by atoms with Crippen molar-refractivity contribution in [3.63, 3.8) is 0 Å². The van der Waals surface area contributed by atoms with E-state index >= 15 is 0 Å². The molecule has 27 heavy (non-hydrogen) atoms. The van der Waals surface area contributed by atoms with Crippen molar-refractivity contribution in [3.05, 3.63) is 99.7 Å². The van der Waals surface area contributed by atoms with Gasteiger partial charge in [0.2, 0.25) is 5.78 Å². The second kappa shape index (κ2) is 7.17. The van der Waals surface area contributed by atoms with E-state index in [1.165, 1.54) is 11.3 Å². The molecular weight excluding hydrogens is 356 g/mol. The predicted octanol–water partition coefficient (Wildman–Crippen LogP) is 5.37. The van der Waals surface area contributed by atoms with Crippen LogP contribution in [0.1, 0.15) is 31.2 Å². The van der Waals surface area contributed by atoms with E-state index in [0.29, 0.717) is 27.3 Å². The zero-order valence-electron chi connectivity index (χ0n) is 14.6. The van der Waals surface area contributed by atoms with Gasteiger partial charge in [0.25, 0.3) is 0 Å². The quantitative estimate of drug-likeness (QED) is 0.442. The van der Waals surface area contributed by atoms with E-state index < -0.39 is 0 Å². The number of fused-ring (bicyclic) bond motifs is 1. The fraction of sp³-hybridized carbons (Fsp3) is 0.0435. The molecule has 0 spiro atoms. The maximum Gasteiger partial charge on any atom is 0.203 e. The van der Waals surface area contributed by atoms with E-state index in [1.807, 2.05) is 41.8 Å². The van der Waals surface area contributed by atoms with Gasteiger partial charge in [0.15, 0.2) is 5.78 Å². The molecule has 1 heterocycles. The first-order chi connectivity index (χ1) is 13.2. The molecule has 0 unspecified atom stereocenters. The zero-order chi connectivity index (χ0) is 18.8. The van der Waals surface area contributed by atoms with Crippen LogP contribution < -0.4 is 4.74 Å². The topological polar surface area (TPSA) is 43.4 Å². The molecule has 1 aromatic heterocycles. The molecule has 0 aliphatic rings. The molecule has 0 radical (unpaired) electrons. The minimum atomic E-state index is -0.218. The molecule has 4 aromatic rings. The molecule has 0 N–H and O–H groups in total. The third-order valence-corrected chi connectivity index (χ3v) is 5.37. The molecule has 3 aromatic carbocycles. The highest BCUT2D eigenvalue weighted by Crippen LogP contribution is 2.31. The summed E-state index contributed by atoms with van der Waals surface area (Å²) < 4.78 is 5.46. The van der Waals surface area contributed by atoms with Gasteiger partial charge >= 0.3 is 0 Å². The van der Waals surface area contributed by atoms with Crippen LogP contribution in [0.4, 0.5) is 0 Å². The van der Waals surface area contributed by atoms with E-state index in [0.717, 1.165) is 10.8 Å². The Bertz CT molecular complexity index is 1140. The van der Waals surface area contributed by atoms with Gasteiger partial charge in [-0.05, 0) is 28.3 Å². The van der Waals surface area contributed by atoms with Crippen LogP contribution in [0.25, 0.3) is 10.8 Å². The highest BCUT2D eigenvalue weighted by molar-refractivity contribution is 7.12. The summed E-state index contributed by atoms with van der Waals surface area (Å²) in [5, 5.41) is 3.61. The predicted molar refractivity (Wildman–Crippen MR) is 108 cm³/mol. The largest absolute Gasteiger partial charge is 0.496 e. The molecule has 0 amide bonds. The molecule has 4 rings (SSSR count). The van der Waals surface area contributed by atoms with Gasteiger partial charge in [0.1, 0.15) is 5.75 Å². The Morgan fingerprint density at radius 3 is 2.19 bits per heavy atom. The summed E-state index contributed by atoms with van der Waals surface area (Å²) in [7, 11) is 1.55. The monoisotopic (exact) mass is 372 g/mol. The van der Waals surface area contributed by atoms with Gasteiger partial charge in [0, 0.05) is 11.1 Å². The molecule has 0 aliphatic carbocycles. The Hall–Kier alpha value is -3.24. The highest BCUT2D eigenvalue weighted by atomic mass is 32.1. The SMILES string of the molecule is COc1ccc2ccccc2c1C(=O)c1ccccc1C(=O)c1cccs1. The Morgan fingerprint density at radius 2 is 1.48 bits per heavy atom. The van der Waals surface area contributed by atoms with Crippen LogP contribution in [-0.4, -0.2) is 18.7 Å². The van der Waals surface area contributed by atoms with E-state index in [9.17, 15) is 9.59 Å². The Labute approximate surface area is 160 Å². The minimum absolute atomic E-state index is 0.145. The Kier molecular flexibility index (Phi) is 4.57. The smallest absolute Gasteiger partial charge is 0.203 e. The standard InChI is InChI=1S/C23H16O3S/c1-26-19-13-12-15-7-2-3-8-16(15)21(19)23(25)18-10-5-4-9-17(18)22(24)20-11-6-14-27-20/h2-14H,1H3. The lowest BCUT2D eigenvalue weighted by atomic mass is 9.92. The number of rotatable bonds is 5. The molecule has 0 atom stereocenters. The number of ketones is 2. The molecule has 0 bridgehead atoms. The second-order valence-electron chi connectivity index (χ2n) is 6.05. The van der Waals surface area contributed by atoms with E-state index in [1.54, 1.807) is 43.5 Å². The first-order valence-corrected chi connectivity index (χ1v) is 9.36. The number of thiophene rings is 1. The molecule has 132 valence electrons. The van der Waals surface area contributed by atoms with Crippen molar-refractivity contribution in [2.75, 3.05) is 7.11 Å². The van der Waals surface area contributed by atoms with Crippen LogP contribution in [0.3, 0.4) is 0 Å².